The van der Waals surface area contributed by atoms with E-state index in [0.717, 1.165) is 5.56 Å². The molecule has 23 heavy (non-hydrogen) atoms. The standard InChI is InChI=1S/C17H23ClN2O3/c1-11(21)7-8-19(2)17(23)14-10-15(22)20(3)16(14)12-5-4-6-13(18)9-12/h4-6,9,11,14,16,21H,7-8,10H2,1-3H3. The molecule has 5 nitrogen and oxygen atoms in total. The number of aliphatic hydroxyl groups excluding tert-OH is 1. The second kappa shape index (κ2) is 7.32. The lowest BCUT2D eigenvalue weighted by Crippen LogP contribution is -2.37. The molecule has 1 aromatic rings. The zero-order valence-electron chi connectivity index (χ0n) is 13.7. The van der Waals surface area contributed by atoms with E-state index in [0.29, 0.717) is 18.0 Å². The Hall–Kier alpha value is -1.59. The maximum Gasteiger partial charge on any atom is 0.228 e. The average molecular weight is 339 g/mol. The summed E-state index contributed by atoms with van der Waals surface area (Å²) < 4.78 is 0. The smallest absolute Gasteiger partial charge is 0.228 e. The molecule has 0 bridgehead atoms. The van der Waals surface area contributed by atoms with Gasteiger partial charge in [0.05, 0.1) is 18.1 Å². The van der Waals surface area contributed by atoms with Gasteiger partial charge in [0, 0.05) is 32.1 Å². The van der Waals surface area contributed by atoms with Gasteiger partial charge in [-0.15, -0.1) is 0 Å². The maximum atomic E-state index is 12.8. The van der Waals surface area contributed by atoms with E-state index < -0.39 is 12.0 Å². The number of likely N-dealkylation sites (tertiary alicyclic amines) is 1. The number of hydrogen-bond donors (Lipinski definition) is 1. The minimum atomic E-state index is -0.457. The van der Waals surface area contributed by atoms with Crippen molar-refractivity contribution in [1.82, 2.24) is 9.80 Å². The highest BCUT2D eigenvalue weighted by atomic mass is 35.5. The van der Waals surface area contributed by atoms with E-state index in [1.807, 2.05) is 12.1 Å². The summed E-state index contributed by atoms with van der Waals surface area (Å²) >= 11 is 6.06. The molecule has 1 saturated heterocycles. The number of benzene rings is 1. The monoisotopic (exact) mass is 338 g/mol. The summed E-state index contributed by atoms with van der Waals surface area (Å²) in [5, 5.41) is 9.96. The molecule has 6 heteroatoms. The van der Waals surface area contributed by atoms with Crippen molar-refractivity contribution in [3.8, 4) is 0 Å². The van der Waals surface area contributed by atoms with Crippen LogP contribution in [0.1, 0.15) is 31.4 Å². The first-order valence-corrected chi connectivity index (χ1v) is 8.13. The number of nitrogens with zero attached hydrogens (tertiary/aromatic N) is 2. The summed E-state index contributed by atoms with van der Waals surface area (Å²) in [5.41, 5.74) is 0.869. The van der Waals surface area contributed by atoms with Crippen LogP contribution >= 0.6 is 11.6 Å². The molecule has 3 atom stereocenters. The summed E-state index contributed by atoms with van der Waals surface area (Å²) in [5.74, 6) is -0.546. The first-order chi connectivity index (χ1) is 10.8. The fourth-order valence-electron chi connectivity index (χ4n) is 3.01. The number of carbonyl (C=O) groups excluding carboxylic acids is 2. The van der Waals surface area contributed by atoms with Gasteiger partial charge in [-0.25, -0.2) is 0 Å². The molecule has 1 aromatic carbocycles. The van der Waals surface area contributed by atoms with Crippen molar-refractivity contribution >= 4 is 23.4 Å². The average Bonchev–Trinajstić information content (AvgIpc) is 2.79. The summed E-state index contributed by atoms with van der Waals surface area (Å²) in [6, 6.07) is 6.99. The number of amides is 2. The molecule has 0 aromatic heterocycles. The first kappa shape index (κ1) is 17.8. The molecule has 126 valence electrons. The lowest BCUT2D eigenvalue weighted by molar-refractivity contribution is -0.135. The van der Waals surface area contributed by atoms with Crippen LogP contribution < -0.4 is 0 Å². The van der Waals surface area contributed by atoms with E-state index >= 15 is 0 Å². The Kier molecular flexibility index (Phi) is 5.65. The highest BCUT2D eigenvalue weighted by molar-refractivity contribution is 6.30. The van der Waals surface area contributed by atoms with Crippen LogP contribution in [-0.2, 0) is 9.59 Å². The van der Waals surface area contributed by atoms with Crippen molar-refractivity contribution in [2.75, 3.05) is 20.6 Å². The molecule has 0 radical (unpaired) electrons. The number of carbonyl (C=O) groups is 2. The zero-order chi connectivity index (χ0) is 17.1. The van der Waals surface area contributed by atoms with Crippen molar-refractivity contribution in [2.45, 2.75) is 31.9 Å². The van der Waals surface area contributed by atoms with E-state index in [-0.39, 0.29) is 24.3 Å². The van der Waals surface area contributed by atoms with Gasteiger partial charge in [0.25, 0.3) is 0 Å². The Morgan fingerprint density at radius 3 is 2.83 bits per heavy atom. The fourth-order valence-corrected chi connectivity index (χ4v) is 3.21. The van der Waals surface area contributed by atoms with Crippen LogP contribution in [0.5, 0.6) is 0 Å². The highest BCUT2D eigenvalue weighted by Crippen LogP contribution is 2.38. The molecule has 2 rings (SSSR count). The molecule has 1 N–H and O–H groups in total. The molecule has 1 fully saturated rings. The predicted octanol–water partition coefficient (Wildman–Crippen LogP) is 2.09. The fraction of sp³-hybridized carbons (Fsp3) is 0.529. The molecule has 0 aliphatic carbocycles. The topological polar surface area (TPSA) is 60.9 Å². The van der Waals surface area contributed by atoms with E-state index in [9.17, 15) is 14.7 Å². The third kappa shape index (κ3) is 4.03. The van der Waals surface area contributed by atoms with Gasteiger partial charge >= 0.3 is 0 Å². The molecular weight excluding hydrogens is 316 g/mol. The van der Waals surface area contributed by atoms with Crippen molar-refractivity contribution in [3.05, 3.63) is 34.9 Å². The van der Waals surface area contributed by atoms with Gasteiger partial charge < -0.3 is 14.9 Å². The van der Waals surface area contributed by atoms with Crippen LogP contribution in [0, 0.1) is 5.92 Å². The van der Waals surface area contributed by atoms with E-state index in [1.54, 1.807) is 43.0 Å². The van der Waals surface area contributed by atoms with Gasteiger partial charge in [-0.2, -0.15) is 0 Å². The van der Waals surface area contributed by atoms with Crippen LogP contribution in [0.3, 0.4) is 0 Å². The number of halogens is 1. The molecule has 3 unspecified atom stereocenters. The number of hydrogen-bond acceptors (Lipinski definition) is 3. The van der Waals surface area contributed by atoms with Gasteiger partial charge in [0.15, 0.2) is 0 Å². The molecule has 1 heterocycles. The zero-order valence-corrected chi connectivity index (χ0v) is 14.5. The summed E-state index contributed by atoms with van der Waals surface area (Å²) in [6.45, 7) is 2.16. The van der Waals surface area contributed by atoms with Crippen LogP contribution in [0.15, 0.2) is 24.3 Å². The molecule has 0 saturated carbocycles. The quantitative estimate of drug-likeness (QED) is 0.894. The minimum absolute atomic E-state index is 0.0442. The van der Waals surface area contributed by atoms with E-state index in [2.05, 4.69) is 0 Å². The molecule has 0 spiro atoms. The maximum absolute atomic E-state index is 12.8. The van der Waals surface area contributed by atoms with Gasteiger partial charge in [0.1, 0.15) is 0 Å². The highest BCUT2D eigenvalue weighted by Gasteiger charge is 2.43. The third-order valence-electron chi connectivity index (χ3n) is 4.35. The van der Waals surface area contributed by atoms with E-state index in [1.165, 1.54) is 0 Å². The lowest BCUT2D eigenvalue weighted by Gasteiger charge is -2.28. The van der Waals surface area contributed by atoms with Crippen LogP contribution in [0.2, 0.25) is 5.02 Å². The SMILES string of the molecule is CC(O)CCN(C)C(=O)C1CC(=O)N(C)C1c1cccc(Cl)c1. The van der Waals surface area contributed by atoms with Crippen molar-refractivity contribution < 1.29 is 14.7 Å². The Morgan fingerprint density at radius 2 is 2.22 bits per heavy atom. The van der Waals surface area contributed by atoms with Crippen molar-refractivity contribution in [3.63, 3.8) is 0 Å². The Morgan fingerprint density at radius 1 is 1.52 bits per heavy atom. The molecule has 1 aliphatic heterocycles. The Bertz CT molecular complexity index is 591. The Labute approximate surface area is 141 Å². The van der Waals surface area contributed by atoms with Crippen LogP contribution in [0.4, 0.5) is 0 Å². The van der Waals surface area contributed by atoms with Crippen LogP contribution in [0.25, 0.3) is 0 Å². The minimum Gasteiger partial charge on any atom is -0.393 e. The second-order valence-electron chi connectivity index (χ2n) is 6.21. The lowest BCUT2D eigenvalue weighted by atomic mass is 9.92. The van der Waals surface area contributed by atoms with Gasteiger partial charge in [-0.1, -0.05) is 23.7 Å². The first-order valence-electron chi connectivity index (χ1n) is 7.75. The third-order valence-corrected chi connectivity index (χ3v) is 4.59. The summed E-state index contributed by atoms with van der Waals surface area (Å²) in [4.78, 5) is 28.1. The molecular formula is C17H23ClN2O3. The van der Waals surface area contributed by atoms with Crippen LogP contribution in [-0.4, -0.2) is 53.5 Å². The summed E-state index contributed by atoms with van der Waals surface area (Å²) in [6.07, 6.45) is 0.258. The van der Waals surface area contributed by atoms with Crippen molar-refractivity contribution in [1.29, 1.82) is 0 Å². The summed E-state index contributed by atoms with van der Waals surface area (Å²) in [7, 11) is 3.43. The number of aliphatic hydroxyl groups is 1. The molecule has 1 aliphatic rings. The largest absolute Gasteiger partial charge is 0.393 e. The number of rotatable bonds is 5. The van der Waals surface area contributed by atoms with Crippen molar-refractivity contribution in [2.24, 2.45) is 5.92 Å². The van der Waals surface area contributed by atoms with Gasteiger partial charge in [-0.05, 0) is 31.0 Å². The Balaban J connectivity index is 2.21. The normalized spacial score (nSPS) is 22.3. The predicted molar refractivity (Wildman–Crippen MR) is 89.0 cm³/mol. The second-order valence-corrected chi connectivity index (χ2v) is 6.65. The van der Waals surface area contributed by atoms with Gasteiger partial charge in [0.2, 0.25) is 11.8 Å². The van der Waals surface area contributed by atoms with E-state index in [4.69, 9.17) is 11.6 Å². The molecule has 2 amide bonds. The van der Waals surface area contributed by atoms with Gasteiger partial charge in [-0.3, -0.25) is 9.59 Å².